The highest BCUT2D eigenvalue weighted by molar-refractivity contribution is 6.28. The molecule has 1 aliphatic carbocycles. The van der Waals surface area contributed by atoms with Crippen molar-refractivity contribution < 1.29 is 0 Å². The molecule has 3 rings (SSSR count). The van der Waals surface area contributed by atoms with Crippen LogP contribution in [0.3, 0.4) is 0 Å². The standard InChI is InChI=1S/C11H13ClN4O/c12-11-15-9-8(10(17)16-11)13-7(14-9)3-1-2-6-4-5-6/h6H,1-5H2,(H2,13,14,15,16,17). The van der Waals surface area contributed by atoms with E-state index >= 15 is 0 Å². The van der Waals surface area contributed by atoms with E-state index in [-0.39, 0.29) is 10.8 Å². The lowest BCUT2D eigenvalue weighted by Gasteiger charge is -1.94. The Morgan fingerprint density at radius 1 is 1.29 bits per heavy atom. The first kappa shape index (κ1) is 10.8. The van der Waals surface area contributed by atoms with E-state index in [1.807, 2.05) is 0 Å². The number of nitrogens with zero attached hydrogens (tertiary/aromatic N) is 2. The highest BCUT2D eigenvalue weighted by Crippen LogP contribution is 2.33. The zero-order chi connectivity index (χ0) is 11.8. The summed E-state index contributed by atoms with van der Waals surface area (Å²) in [6.07, 6.45) is 5.97. The van der Waals surface area contributed by atoms with Crippen molar-refractivity contribution in [2.24, 2.45) is 5.92 Å². The first-order valence-electron chi connectivity index (χ1n) is 5.87. The second-order valence-corrected chi connectivity index (χ2v) is 4.93. The molecule has 0 aliphatic heterocycles. The molecule has 0 radical (unpaired) electrons. The van der Waals surface area contributed by atoms with E-state index < -0.39 is 0 Å². The van der Waals surface area contributed by atoms with E-state index in [9.17, 15) is 4.79 Å². The molecule has 0 bridgehead atoms. The molecule has 2 heterocycles. The number of aromatic nitrogens is 4. The van der Waals surface area contributed by atoms with Crippen molar-refractivity contribution >= 4 is 22.8 Å². The fourth-order valence-corrected chi connectivity index (χ4v) is 2.18. The Morgan fingerprint density at radius 3 is 2.88 bits per heavy atom. The van der Waals surface area contributed by atoms with E-state index in [0.717, 1.165) is 24.6 Å². The summed E-state index contributed by atoms with van der Waals surface area (Å²) >= 11 is 5.67. The highest BCUT2D eigenvalue weighted by Gasteiger charge is 2.20. The van der Waals surface area contributed by atoms with E-state index in [1.165, 1.54) is 19.3 Å². The average molecular weight is 253 g/mol. The van der Waals surface area contributed by atoms with Crippen molar-refractivity contribution in [3.63, 3.8) is 0 Å². The number of nitrogens with one attached hydrogen (secondary N) is 2. The Morgan fingerprint density at radius 2 is 2.12 bits per heavy atom. The molecule has 0 aromatic carbocycles. The summed E-state index contributed by atoms with van der Waals surface area (Å²) in [5.74, 6) is 1.75. The number of rotatable bonds is 4. The van der Waals surface area contributed by atoms with Gasteiger partial charge >= 0.3 is 0 Å². The first-order chi connectivity index (χ1) is 8.22. The molecule has 0 saturated heterocycles. The molecule has 5 nitrogen and oxygen atoms in total. The van der Waals surface area contributed by atoms with Crippen LogP contribution in [-0.2, 0) is 6.42 Å². The molecule has 0 unspecified atom stereocenters. The molecule has 1 aliphatic rings. The van der Waals surface area contributed by atoms with E-state index in [1.54, 1.807) is 0 Å². The Balaban J connectivity index is 1.80. The molecule has 0 spiro atoms. The van der Waals surface area contributed by atoms with Gasteiger partial charge in [-0.05, 0) is 23.9 Å². The summed E-state index contributed by atoms with van der Waals surface area (Å²) in [6, 6.07) is 0. The van der Waals surface area contributed by atoms with E-state index in [0.29, 0.717) is 11.2 Å². The molecule has 1 saturated carbocycles. The quantitative estimate of drug-likeness (QED) is 0.818. The van der Waals surface area contributed by atoms with Gasteiger partial charge < -0.3 is 4.98 Å². The normalized spacial score (nSPS) is 15.6. The van der Waals surface area contributed by atoms with Crippen molar-refractivity contribution in [3.8, 4) is 0 Å². The van der Waals surface area contributed by atoms with Crippen LogP contribution >= 0.6 is 11.6 Å². The fourth-order valence-electron chi connectivity index (χ4n) is 2.01. The number of H-pyrrole nitrogens is 2. The third kappa shape index (κ3) is 2.34. The summed E-state index contributed by atoms with van der Waals surface area (Å²) in [4.78, 5) is 25.3. The van der Waals surface area contributed by atoms with Crippen molar-refractivity contribution in [1.82, 2.24) is 19.9 Å². The van der Waals surface area contributed by atoms with Crippen LogP contribution in [0.4, 0.5) is 0 Å². The van der Waals surface area contributed by atoms with Crippen LogP contribution in [0.15, 0.2) is 4.79 Å². The summed E-state index contributed by atoms with van der Waals surface area (Å²) in [7, 11) is 0. The largest absolute Gasteiger partial charge is 0.336 e. The molecule has 17 heavy (non-hydrogen) atoms. The summed E-state index contributed by atoms with van der Waals surface area (Å²) in [6.45, 7) is 0. The smallest absolute Gasteiger partial charge is 0.277 e. The molecular weight excluding hydrogens is 240 g/mol. The van der Waals surface area contributed by atoms with Gasteiger partial charge in [0.15, 0.2) is 11.2 Å². The van der Waals surface area contributed by atoms with Crippen LogP contribution in [0.2, 0.25) is 5.28 Å². The van der Waals surface area contributed by atoms with Crippen LogP contribution < -0.4 is 5.56 Å². The second-order valence-electron chi connectivity index (χ2n) is 4.57. The maximum atomic E-state index is 11.6. The monoisotopic (exact) mass is 252 g/mol. The van der Waals surface area contributed by atoms with Gasteiger partial charge in [0.2, 0.25) is 5.28 Å². The van der Waals surface area contributed by atoms with Crippen molar-refractivity contribution in [1.29, 1.82) is 0 Å². The number of halogens is 1. The van der Waals surface area contributed by atoms with Gasteiger partial charge in [-0.2, -0.15) is 4.98 Å². The lowest BCUT2D eigenvalue weighted by molar-refractivity contribution is 0.654. The summed E-state index contributed by atoms with van der Waals surface area (Å²) < 4.78 is 0. The van der Waals surface area contributed by atoms with Crippen LogP contribution in [0.5, 0.6) is 0 Å². The zero-order valence-corrected chi connectivity index (χ0v) is 10.0. The maximum absolute atomic E-state index is 11.6. The Bertz CT molecular complexity index is 599. The van der Waals surface area contributed by atoms with Gasteiger partial charge in [-0.15, -0.1) is 0 Å². The Labute approximate surface area is 103 Å². The van der Waals surface area contributed by atoms with E-state index in [2.05, 4.69) is 19.9 Å². The second kappa shape index (κ2) is 4.14. The Hall–Kier alpha value is -1.36. The molecule has 2 N–H and O–H groups in total. The van der Waals surface area contributed by atoms with Crippen LogP contribution in [0.1, 0.15) is 31.5 Å². The van der Waals surface area contributed by atoms with Gasteiger partial charge in [0.25, 0.3) is 5.56 Å². The van der Waals surface area contributed by atoms with Gasteiger partial charge in [0.05, 0.1) is 0 Å². The van der Waals surface area contributed by atoms with Crippen molar-refractivity contribution in [2.75, 3.05) is 0 Å². The third-order valence-corrected chi connectivity index (χ3v) is 3.28. The SMILES string of the molecule is O=c1[nH]c(Cl)nc2nc(CCCC3CC3)[nH]c12. The molecule has 0 amide bonds. The summed E-state index contributed by atoms with van der Waals surface area (Å²) in [5.41, 5.74) is 0.553. The number of hydrogen-bond donors (Lipinski definition) is 2. The summed E-state index contributed by atoms with van der Waals surface area (Å²) in [5, 5.41) is 0.0820. The number of aromatic amines is 2. The maximum Gasteiger partial charge on any atom is 0.277 e. The number of aryl methyl sites for hydroxylation is 1. The average Bonchev–Trinajstić information content (AvgIpc) is 2.98. The van der Waals surface area contributed by atoms with Crippen LogP contribution in [-0.4, -0.2) is 19.9 Å². The minimum absolute atomic E-state index is 0.0820. The molecule has 6 heteroatoms. The Kier molecular flexibility index (Phi) is 2.63. The predicted octanol–water partition coefficient (Wildman–Crippen LogP) is 2.03. The van der Waals surface area contributed by atoms with Crippen LogP contribution in [0, 0.1) is 5.92 Å². The van der Waals surface area contributed by atoms with Gasteiger partial charge in [-0.25, -0.2) is 4.98 Å². The first-order valence-corrected chi connectivity index (χ1v) is 6.24. The zero-order valence-electron chi connectivity index (χ0n) is 9.29. The van der Waals surface area contributed by atoms with Crippen molar-refractivity contribution in [2.45, 2.75) is 32.1 Å². The van der Waals surface area contributed by atoms with Gasteiger partial charge in [-0.1, -0.05) is 19.3 Å². The molecule has 90 valence electrons. The van der Waals surface area contributed by atoms with Crippen molar-refractivity contribution in [3.05, 3.63) is 21.5 Å². The highest BCUT2D eigenvalue weighted by atomic mass is 35.5. The van der Waals surface area contributed by atoms with Gasteiger partial charge in [0, 0.05) is 6.42 Å². The number of fused-ring (bicyclic) bond motifs is 1. The molecule has 2 aromatic rings. The third-order valence-electron chi connectivity index (χ3n) is 3.10. The molecule has 1 fully saturated rings. The van der Waals surface area contributed by atoms with Gasteiger partial charge in [0.1, 0.15) is 5.82 Å². The number of hydrogen-bond acceptors (Lipinski definition) is 3. The topological polar surface area (TPSA) is 74.4 Å². The minimum atomic E-state index is -0.263. The lowest BCUT2D eigenvalue weighted by Crippen LogP contribution is -2.07. The predicted molar refractivity (Wildman–Crippen MR) is 65.2 cm³/mol. The van der Waals surface area contributed by atoms with Crippen LogP contribution in [0.25, 0.3) is 11.2 Å². The van der Waals surface area contributed by atoms with E-state index in [4.69, 9.17) is 11.6 Å². The molecule has 0 atom stereocenters. The number of imidazole rings is 1. The fraction of sp³-hybridized carbons (Fsp3) is 0.545. The molecular formula is C11H13ClN4O. The molecule has 2 aromatic heterocycles. The van der Waals surface area contributed by atoms with Gasteiger partial charge in [-0.3, -0.25) is 9.78 Å². The minimum Gasteiger partial charge on any atom is -0.336 e. The lowest BCUT2D eigenvalue weighted by atomic mass is 10.2.